The van der Waals surface area contributed by atoms with Crippen LogP contribution in [0.15, 0.2) is 18.2 Å². The molecule has 94 valence electrons. The fourth-order valence-corrected chi connectivity index (χ4v) is 1.96. The van der Waals surface area contributed by atoms with Crippen molar-refractivity contribution in [3.8, 4) is 0 Å². The summed E-state index contributed by atoms with van der Waals surface area (Å²) in [4.78, 5) is 10.8. The van der Waals surface area contributed by atoms with Crippen LogP contribution in [0.2, 0.25) is 0 Å². The zero-order valence-corrected chi connectivity index (χ0v) is 10.4. The first kappa shape index (κ1) is 13.5. The third-order valence-electron chi connectivity index (χ3n) is 2.26. The number of hydrogen-bond acceptors (Lipinski definition) is 4. The lowest BCUT2D eigenvalue weighted by Gasteiger charge is -2.10. The number of aromatic carboxylic acids is 1. The zero-order valence-electron chi connectivity index (χ0n) is 9.60. The molecule has 0 aliphatic heterocycles. The topological polar surface area (TPSA) is 92.4 Å². The molecule has 0 bridgehead atoms. The molecule has 1 rings (SSSR count). The summed E-state index contributed by atoms with van der Waals surface area (Å²) in [6, 6.07) is 4.83. The minimum absolute atomic E-state index is 0.0917. The van der Waals surface area contributed by atoms with Crippen LogP contribution in [-0.2, 0) is 10.8 Å². The Morgan fingerprint density at radius 3 is 2.82 bits per heavy atom. The standard InChI is InChI=1S/C11H16N2O3S/c1-17(16)7-3-6-13-9-5-2-4-8(10(9)12)11(14)15/h2,4-5,13H,3,6-7,12H2,1H3,(H,14,15). The normalized spacial score (nSPS) is 12.1. The predicted molar refractivity (Wildman–Crippen MR) is 69.9 cm³/mol. The molecule has 0 saturated carbocycles. The van der Waals surface area contributed by atoms with Gasteiger partial charge < -0.3 is 16.2 Å². The molecule has 0 radical (unpaired) electrons. The molecule has 0 spiro atoms. The zero-order chi connectivity index (χ0) is 12.8. The second-order valence-electron chi connectivity index (χ2n) is 3.63. The second kappa shape index (κ2) is 6.24. The lowest BCUT2D eigenvalue weighted by atomic mass is 10.1. The van der Waals surface area contributed by atoms with E-state index in [9.17, 15) is 9.00 Å². The van der Waals surface area contributed by atoms with Crippen molar-refractivity contribution in [3.63, 3.8) is 0 Å². The Morgan fingerprint density at radius 2 is 2.24 bits per heavy atom. The highest BCUT2D eigenvalue weighted by atomic mass is 32.2. The molecule has 0 saturated heterocycles. The van der Waals surface area contributed by atoms with Gasteiger partial charge in [-0.1, -0.05) is 6.07 Å². The van der Waals surface area contributed by atoms with Crippen molar-refractivity contribution >= 4 is 28.1 Å². The van der Waals surface area contributed by atoms with Crippen molar-refractivity contribution in [2.24, 2.45) is 0 Å². The number of benzene rings is 1. The Hall–Kier alpha value is -1.56. The summed E-state index contributed by atoms with van der Waals surface area (Å²) in [5.74, 6) is -0.424. The third-order valence-corrected chi connectivity index (χ3v) is 3.12. The molecule has 0 aromatic heterocycles. The van der Waals surface area contributed by atoms with Crippen LogP contribution < -0.4 is 11.1 Å². The van der Waals surface area contributed by atoms with Crippen LogP contribution in [0.4, 0.5) is 11.4 Å². The van der Waals surface area contributed by atoms with Crippen LogP contribution in [-0.4, -0.2) is 33.8 Å². The van der Waals surface area contributed by atoms with E-state index in [2.05, 4.69) is 5.32 Å². The first-order valence-corrected chi connectivity index (χ1v) is 6.90. The maximum Gasteiger partial charge on any atom is 0.337 e. The summed E-state index contributed by atoms with van der Waals surface area (Å²) in [5.41, 5.74) is 6.65. The molecule has 1 atom stereocenters. The van der Waals surface area contributed by atoms with Gasteiger partial charge in [0.2, 0.25) is 0 Å². The van der Waals surface area contributed by atoms with Crippen LogP contribution in [0.1, 0.15) is 16.8 Å². The Kier molecular flexibility index (Phi) is 4.96. The molecular formula is C11H16N2O3S. The molecule has 4 N–H and O–H groups in total. The maximum atomic E-state index is 10.8. The molecule has 1 aromatic carbocycles. The Bertz CT molecular complexity index is 435. The van der Waals surface area contributed by atoms with E-state index in [1.54, 1.807) is 18.4 Å². The van der Waals surface area contributed by atoms with E-state index in [-0.39, 0.29) is 11.3 Å². The number of hydrogen-bond donors (Lipinski definition) is 3. The fraction of sp³-hybridized carbons (Fsp3) is 0.364. The van der Waals surface area contributed by atoms with E-state index in [1.807, 2.05) is 0 Å². The van der Waals surface area contributed by atoms with Gasteiger partial charge in [-0.25, -0.2) is 4.79 Å². The average molecular weight is 256 g/mol. The number of nitrogens with one attached hydrogen (secondary N) is 1. The number of rotatable bonds is 6. The van der Waals surface area contributed by atoms with Gasteiger partial charge in [0.05, 0.1) is 16.9 Å². The first-order valence-electron chi connectivity index (χ1n) is 5.18. The van der Waals surface area contributed by atoms with Crippen LogP contribution >= 0.6 is 0 Å². The van der Waals surface area contributed by atoms with Gasteiger partial charge in [0.1, 0.15) is 0 Å². The van der Waals surface area contributed by atoms with Gasteiger partial charge in [-0.2, -0.15) is 0 Å². The first-order chi connectivity index (χ1) is 8.02. The van der Waals surface area contributed by atoms with Gasteiger partial charge in [0, 0.05) is 29.4 Å². The van der Waals surface area contributed by atoms with Gasteiger partial charge in [0.15, 0.2) is 0 Å². The van der Waals surface area contributed by atoms with Gasteiger partial charge in [-0.15, -0.1) is 0 Å². The molecule has 0 heterocycles. The minimum atomic E-state index is -1.04. The minimum Gasteiger partial charge on any atom is -0.478 e. The molecule has 1 aromatic rings. The highest BCUT2D eigenvalue weighted by Gasteiger charge is 2.10. The van der Waals surface area contributed by atoms with E-state index in [0.29, 0.717) is 18.0 Å². The average Bonchev–Trinajstić information content (AvgIpc) is 2.25. The van der Waals surface area contributed by atoms with Crippen molar-refractivity contribution in [2.45, 2.75) is 6.42 Å². The van der Waals surface area contributed by atoms with Gasteiger partial charge in [0.25, 0.3) is 0 Å². The Labute approximate surface area is 102 Å². The van der Waals surface area contributed by atoms with Gasteiger partial charge in [-0.3, -0.25) is 4.21 Å². The van der Waals surface area contributed by atoms with E-state index in [0.717, 1.165) is 6.42 Å². The summed E-state index contributed by atoms with van der Waals surface area (Å²) >= 11 is 0. The van der Waals surface area contributed by atoms with Crippen molar-refractivity contribution in [3.05, 3.63) is 23.8 Å². The molecule has 0 aliphatic carbocycles. The van der Waals surface area contributed by atoms with Crippen molar-refractivity contribution < 1.29 is 14.1 Å². The highest BCUT2D eigenvalue weighted by Crippen LogP contribution is 2.22. The number of anilines is 2. The number of nitrogen functional groups attached to an aromatic ring is 1. The molecule has 6 heteroatoms. The predicted octanol–water partition coefficient (Wildman–Crippen LogP) is 1.15. The van der Waals surface area contributed by atoms with Crippen molar-refractivity contribution in [1.82, 2.24) is 0 Å². The largest absolute Gasteiger partial charge is 0.478 e. The SMILES string of the molecule is CS(=O)CCCNc1cccc(C(=O)O)c1N. The number of carboxylic acids is 1. The summed E-state index contributed by atoms with van der Waals surface area (Å²) in [6.07, 6.45) is 2.40. The van der Waals surface area contributed by atoms with E-state index in [1.165, 1.54) is 6.07 Å². The van der Waals surface area contributed by atoms with Crippen molar-refractivity contribution in [2.75, 3.05) is 29.6 Å². The number of para-hydroxylation sites is 1. The summed E-state index contributed by atoms with van der Waals surface area (Å²) < 4.78 is 10.8. The van der Waals surface area contributed by atoms with Crippen LogP contribution in [0.25, 0.3) is 0 Å². The van der Waals surface area contributed by atoms with Gasteiger partial charge in [-0.05, 0) is 18.6 Å². The fourth-order valence-electron chi connectivity index (χ4n) is 1.40. The molecule has 0 amide bonds. The Morgan fingerprint density at radius 1 is 1.53 bits per heavy atom. The third kappa shape index (κ3) is 4.07. The smallest absolute Gasteiger partial charge is 0.337 e. The van der Waals surface area contributed by atoms with E-state index >= 15 is 0 Å². The quantitative estimate of drug-likeness (QED) is 0.524. The van der Waals surface area contributed by atoms with Gasteiger partial charge >= 0.3 is 5.97 Å². The molecule has 0 fully saturated rings. The monoisotopic (exact) mass is 256 g/mol. The van der Waals surface area contributed by atoms with Crippen molar-refractivity contribution in [1.29, 1.82) is 0 Å². The molecular weight excluding hydrogens is 240 g/mol. The summed E-state index contributed by atoms with van der Waals surface area (Å²) in [5, 5.41) is 11.9. The molecule has 17 heavy (non-hydrogen) atoms. The lowest BCUT2D eigenvalue weighted by molar-refractivity contribution is 0.0698. The number of carboxylic acid groups (broad SMARTS) is 1. The highest BCUT2D eigenvalue weighted by molar-refractivity contribution is 7.84. The summed E-state index contributed by atoms with van der Waals surface area (Å²) in [6.45, 7) is 0.618. The maximum absolute atomic E-state index is 10.8. The van der Waals surface area contributed by atoms with Crippen LogP contribution in [0.5, 0.6) is 0 Å². The second-order valence-corrected chi connectivity index (χ2v) is 5.18. The van der Waals surface area contributed by atoms with Crippen LogP contribution in [0.3, 0.4) is 0 Å². The molecule has 0 aliphatic rings. The molecule has 5 nitrogen and oxygen atoms in total. The van der Waals surface area contributed by atoms with E-state index < -0.39 is 16.8 Å². The number of carbonyl (C=O) groups is 1. The Balaban J connectivity index is 2.62. The van der Waals surface area contributed by atoms with E-state index in [4.69, 9.17) is 10.8 Å². The molecule has 1 unspecified atom stereocenters. The lowest BCUT2D eigenvalue weighted by Crippen LogP contribution is -2.10. The summed E-state index contributed by atoms with van der Waals surface area (Å²) in [7, 11) is -0.806. The van der Waals surface area contributed by atoms with Crippen LogP contribution in [0, 0.1) is 0 Å². The number of nitrogens with two attached hydrogens (primary N) is 1.